The molecule has 0 aliphatic heterocycles. The molecule has 0 aliphatic carbocycles. The Morgan fingerprint density at radius 2 is 2.60 bits per heavy atom. The van der Waals surface area contributed by atoms with Crippen molar-refractivity contribution in [3.63, 3.8) is 0 Å². The topological polar surface area (TPSA) is 16.1 Å². The highest BCUT2D eigenvalue weighted by molar-refractivity contribution is 7.09. The third-order valence-corrected chi connectivity index (χ3v) is 2.03. The van der Waals surface area contributed by atoms with Gasteiger partial charge in [-0.25, -0.2) is 4.98 Å². The first-order valence-electron chi connectivity index (χ1n) is 3.19. The molecule has 0 aliphatic rings. The maximum atomic E-state index is 4.15. The van der Waals surface area contributed by atoms with Crippen LogP contribution in [0.4, 0.5) is 0 Å². The molecule has 0 bridgehead atoms. The Balaban J connectivity index is 2.28. The van der Waals surface area contributed by atoms with Gasteiger partial charge in [-0.1, -0.05) is 0 Å². The van der Waals surface area contributed by atoms with Crippen LogP contribution in [0.5, 0.6) is 0 Å². The lowest BCUT2D eigenvalue weighted by Gasteiger charge is -2.05. The Labute approximate surface area is 65.5 Å². The second-order valence-electron chi connectivity index (χ2n) is 2.26. The lowest BCUT2D eigenvalue weighted by Crippen LogP contribution is -2.12. The fourth-order valence-corrected chi connectivity index (χ4v) is 1.27. The van der Waals surface area contributed by atoms with Crippen molar-refractivity contribution < 1.29 is 0 Å². The van der Waals surface area contributed by atoms with Crippen LogP contribution in [0.25, 0.3) is 0 Å². The van der Waals surface area contributed by atoms with Gasteiger partial charge in [0.15, 0.2) is 0 Å². The summed E-state index contributed by atoms with van der Waals surface area (Å²) in [4.78, 5) is 6.07. The Kier molecular flexibility index (Phi) is 2.83. The van der Waals surface area contributed by atoms with Crippen LogP contribution in [0.2, 0.25) is 0 Å². The number of hydrogen-bond acceptors (Lipinski definition) is 3. The number of nitrogens with zero attached hydrogens (tertiary/aromatic N) is 2. The van der Waals surface area contributed by atoms with Crippen LogP contribution in [0.15, 0.2) is 11.6 Å². The average Bonchev–Trinajstić information content (AvgIpc) is 2.34. The maximum absolute atomic E-state index is 4.15. The van der Waals surface area contributed by atoms with Gasteiger partial charge in [-0.15, -0.1) is 11.3 Å². The van der Waals surface area contributed by atoms with Crippen LogP contribution in [0.1, 0.15) is 5.01 Å². The summed E-state index contributed by atoms with van der Waals surface area (Å²) in [6.45, 7) is 0.980. The molecule has 10 heavy (non-hydrogen) atoms. The molecule has 55 valence electrons. The van der Waals surface area contributed by atoms with E-state index in [1.165, 1.54) is 5.01 Å². The molecular weight excluding hydrogens is 144 g/mol. The largest absolute Gasteiger partial charge is 0.305 e. The minimum absolute atomic E-state index is 0.980. The Hall–Kier alpha value is -0.410. The fraction of sp³-hybridized carbons (Fsp3) is 0.429. The van der Waals surface area contributed by atoms with E-state index in [9.17, 15) is 0 Å². The van der Waals surface area contributed by atoms with Gasteiger partial charge < -0.3 is 4.90 Å². The number of likely N-dealkylation sites (N-methyl/N-ethyl adjacent to an activating group) is 1. The molecule has 1 aromatic heterocycles. The molecule has 0 amide bonds. The van der Waals surface area contributed by atoms with Crippen LogP contribution in [-0.2, 0) is 6.42 Å². The smallest absolute Gasteiger partial charge is 0.0937 e. The highest BCUT2D eigenvalue weighted by Gasteiger charge is 1.95. The highest BCUT2D eigenvalue weighted by Crippen LogP contribution is 2.04. The third-order valence-electron chi connectivity index (χ3n) is 1.19. The van der Waals surface area contributed by atoms with Crippen LogP contribution < -0.4 is 0 Å². The number of aromatic nitrogens is 1. The lowest BCUT2D eigenvalue weighted by molar-refractivity contribution is 0.454. The lowest BCUT2D eigenvalue weighted by atomic mass is 10.4. The molecule has 1 rings (SSSR count). The first-order chi connectivity index (χ1) is 4.79. The van der Waals surface area contributed by atoms with E-state index in [0.717, 1.165) is 13.0 Å². The highest BCUT2D eigenvalue weighted by atomic mass is 32.1. The summed E-state index contributed by atoms with van der Waals surface area (Å²) < 4.78 is 0. The van der Waals surface area contributed by atoms with Gasteiger partial charge in [0.1, 0.15) is 0 Å². The zero-order chi connectivity index (χ0) is 7.40. The number of rotatable bonds is 3. The predicted octanol–water partition coefficient (Wildman–Crippen LogP) is 1.41. The number of hydrogen-bond donors (Lipinski definition) is 0. The van der Waals surface area contributed by atoms with Gasteiger partial charge in [0.2, 0.25) is 0 Å². The second-order valence-corrected chi connectivity index (χ2v) is 3.23. The van der Waals surface area contributed by atoms with Crippen molar-refractivity contribution in [2.24, 2.45) is 0 Å². The standard InChI is InChI=1S/C7H11N2S/c1-9(2)5-3-7-8-4-6-10-7/h4,6H,1,3,5H2,2H3. The normalized spacial score (nSPS) is 10.7. The van der Waals surface area contributed by atoms with E-state index in [-0.39, 0.29) is 0 Å². The molecule has 2 nitrogen and oxygen atoms in total. The molecule has 0 fully saturated rings. The molecule has 0 N–H and O–H groups in total. The van der Waals surface area contributed by atoms with Gasteiger partial charge in [0, 0.05) is 31.6 Å². The third kappa shape index (κ3) is 2.45. The van der Waals surface area contributed by atoms with Crippen molar-refractivity contribution in [2.45, 2.75) is 6.42 Å². The van der Waals surface area contributed by atoms with E-state index < -0.39 is 0 Å². The molecule has 1 heterocycles. The summed E-state index contributed by atoms with van der Waals surface area (Å²) in [5.74, 6) is 0. The molecular formula is C7H11N2S. The summed E-state index contributed by atoms with van der Waals surface area (Å²) in [6.07, 6.45) is 2.85. The SMILES string of the molecule is [CH2]N(C)CCc1nccs1. The molecule has 3 heteroatoms. The first kappa shape index (κ1) is 7.69. The van der Waals surface area contributed by atoms with Gasteiger partial charge in [-0.2, -0.15) is 0 Å². The van der Waals surface area contributed by atoms with E-state index in [1.807, 2.05) is 23.5 Å². The van der Waals surface area contributed by atoms with Gasteiger partial charge in [-0.05, 0) is 7.05 Å². The Morgan fingerprint density at radius 1 is 1.80 bits per heavy atom. The second kappa shape index (κ2) is 3.68. The van der Waals surface area contributed by atoms with E-state index in [0.29, 0.717) is 0 Å². The van der Waals surface area contributed by atoms with E-state index in [2.05, 4.69) is 12.0 Å². The van der Waals surface area contributed by atoms with Crippen molar-refractivity contribution in [3.8, 4) is 0 Å². The minimum Gasteiger partial charge on any atom is -0.305 e. The summed E-state index contributed by atoms with van der Waals surface area (Å²) in [5, 5.41) is 3.19. The zero-order valence-electron chi connectivity index (χ0n) is 6.08. The van der Waals surface area contributed by atoms with Crippen molar-refractivity contribution in [2.75, 3.05) is 13.6 Å². The van der Waals surface area contributed by atoms with Crippen LogP contribution in [0, 0.1) is 7.05 Å². The van der Waals surface area contributed by atoms with Gasteiger partial charge >= 0.3 is 0 Å². The molecule has 1 radical (unpaired) electrons. The molecule has 0 aromatic carbocycles. The van der Waals surface area contributed by atoms with Crippen LogP contribution in [0.3, 0.4) is 0 Å². The molecule has 1 aromatic rings. The quantitative estimate of drug-likeness (QED) is 0.656. The molecule has 0 atom stereocenters. The summed E-state index contributed by atoms with van der Waals surface area (Å²) in [6, 6.07) is 0. The molecule has 0 saturated carbocycles. The van der Waals surface area contributed by atoms with Crippen molar-refractivity contribution in [1.29, 1.82) is 0 Å². The monoisotopic (exact) mass is 155 g/mol. The van der Waals surface area contributed by atoms with Gasteiger partial charge in [0.25, 0.3) is 0 Å². The fourth-order valence-electron chi connectivity index (χ4n) is 0.663. The van der Waals surface area contributed by atoms with Crippen LogP contribution >= 0.6 is 11.3 Å². The Morgan fingerprint density at radius 3 is 3.10 bits per heavy atom. The zero-order valence-corrected chi connectivity index (χ0v) is 6.90. The number of thiazole rings is 1. The predicted molar refractivity (Wildman–Crippen MR) is 43.8 cm³/mol. The van der Waals surface area contributed by atoms with Crippen molar-refractivity contribution in [1.82, 2.24) is 9.88 Å². The average molecular weight is 155 g/mol. The summed E-state index contributed by atoms with van der Waals surface area (Å²) >= 11 is 1.70. The van der Waals surface area contributed by atoms with E-state index >= 15 is 0 Å². The van der Waals surface area contributed by atoms with Crippen molar-refractivity contribution in [3.05, 3.63) is 23.6 Å². The van der Waals surface area contributed by atoms with Gasteiger partial charge in [0.05, 0.1) is 5.01 Å². The summed E-state index contributed by atoms with van der Waals surface area (Å²) in [7, 11) is 5.71. The van der Waals surface area contributed by atoms with Crippen molar-refractivity contribution >= 4 is 11.3 Å². The molecule has 0 saturated heterocycles. The van der Waals surface area contributed by atoms with E-state index in [4.69, 9.17) is 0 Å². The maximum Gasteiger partial charge on any atom is 0.0937 e. The Bertz CT molecular complexity index is 170. The minimum atomic E-state index is 0.980. The molecule has 0 spiro atoms. The summed E-state index contributed by atoms with van der Waals surface area (Å²) in [5.41, 5.74) is 0. The van der Waals surface area contributed by atoms with Gasteiger partial charge in [-0.3, -0.25) is 0 Å². The molecule has 0 unspecified atom stereocenters. The van der Waals surface area contributed by atoms with Crippen LogP contribution in [-0.4, -0.2) is 23.5 Å². The van der Waals surface area contributed by atoms with E-state index in [1.54, 1.807) is 11.3 Å². The first-order valence-corrected chi connectivity index (χ1v) is 4.07.